The van der Waals surface area contributed by atoms with Gasteiger partial charge in [-0.1, -0.05) is 29.8 Å². The molecule has 5 nitrogen and oxygen atoms in total. The molecule has 1 aromatic carbocycles. The van der Waals surface area contributed by atoms with Crippen molar-refractivity contribution in [3.63, 3.8) is 0 Å². The average molecular weight is 275 g/mol. The third-order valence-corrected chi connectivity index (χ3v) is 3.23. The molecule has 1 aliphatic heterocycles. The Kier molecular flexibility index (Phi) is 3.05. The summed E-state index contributed by atoms with van der Waals surface area (Å²) in [4.78, 5) is 12.2. The van der Waals surface area contributed by atoms with Gasteiger partial charge in [0, 0.05) is 12.2 Å². The predicted molar refractivity (Wildman–Crippen MR) is 73.3 cm³/mol. The molecule has 0 bridgehead atoms. The van der Waals surface area contributed by atoms with E-state index in [4.69, 9.17) is 11.6 Å². The molecule has 2 aromatic rings. The van der Waals surface area contributed by atoms with Crippen LogP contribution in [0.4, 0.5) is 11.5 Å². The molecule has 1 unspecified atom stereocenters. The highest BCUT2D eigenvalue weighted by Crippen LogP contribution is 2.31. The molecule has 1 aliphatic rings. The molecule has 0 aliphatic carbocycles. The normalized spacial score (nSPS) is 16.6. The van der Waals surface area contributed by atoms with E-state index in [0.717, 1.165) is 11.3 Å². The van der Waals surface area contributed by atoms with Crippen LogP contribution in [0, 0.1) is 0 Å². The van der Waals surface area contributed by atoms with Gasteiger partial charge in [0.1, 0.15) is 0 Å². The zero-order chi connectivity index (χ0) is 13.2. The Hall–Kier alpha value is -2.14. The number of rotatable bonds is 2. The summed E-state index contributed by atoms with van der Waals surface area (Å²) in [5.41, 5.74) is 2.01. The molecule has 1 aromatic heterocycles. The van der Waals surface area contributed by atoms with Crippen molar-refractivity contribution in [3.8, 4) is 0 Å². The van der Waals surface area contributed by atoms with E-state index in [1.165, 1.54) is 0 Å². The van der Waals surface area contributed by atoms with Crippen molar-refractivity contribution < 1.29 is 4.79 Å². The summed E-state index contributed by atoms with van der Waals surface area (Å²) in [5.74, 6) is 0.0848. The summed E-state index contributed by atoms with van der Waals surface area (Å²) in [6, 6.07) is 11.0. The molecule has 0 spiro atoms. The standard InChI is InChI=1S/C13H11ClN4O/c14-11-5-6-12(18-17-11)16-13(19)9-7-15-10-4-2-1-3-8(9)10/h1-6,9,15H,7H2,(H,16,18,19). The molecule has 0 fully saturated rings. The van der Waals surface area contributed by atoms with Gasteiger partial charge in [0.2, 0.25) is 5.91 Å². The van der Waals surface area contributed by atoms with Gasteiger partial charge >= 0.3 is 0 Å². The first-order valence-corrected chi connectivity index (χ1v) is 6.25. The Labute approximate surface area is 115 Å². The molecule has 3 rings (SSSR count). The van der Waals surface area contributed by atoms with Crippen LogP contribution in [-0.2, 0) is 4.79 Å². The minimum atomic E-state index is -0.214. The van der Waals surface area contributed by atoms with Gasteiger partial charge < -0.3 is 10.6 Å². The molecule has 2 N–H and O–H groups in total. The number of hydrogen-bond acceptors (Lipinski definition) is 4. The van der Waals surface area contributed by atoms with Crippen molar-refractivity contribution in [1.82, 2.24) is 10.2 Å². The summed E-state index contributed by atoms with van der Waals surface area (Å²) >= 11 is 5.65. The molecule has 1 atom stereocenters. The van der Waals surface area contributed by atoms with E-state index < -0.39 is 0 Å². The highest BCUT2D eigenvalue weighted by atomic mass is 35.5. The van der Waals surface area contributed by atoms with Gasteiger partial charge in [-0.15, -0.1) is 10.2 Å². The number of carbonyl (C=O) groups excluding carboxylic acids is 1. The van der Waals surface area contributed by atoms with Crippen LogP contribution in [-0.4, -0.2) is 22.6 Å². The van der Waals surface area contributed by atoms with E-state index in [2.05, 4.69) is 20.8 Å². The molecular formula is C13H11ClN4O. The predicted octanol–water partition coefficient (Wildman–Crippen LogP) is 2.28. The van der Waals surface area contributed by atoms with Crippen LogP contribution in [0.15, 0.2) is 36.4 Å². The Balaban J connectivity index is 1.77. The first-order chi connectivity index (χ1) is 9.24. The van der Waals surface area contributed by atoms with E-state index in [1.807, 2.05) is 24.3 Å². The lowest BCUT2D eigenvalue weighted by Gasteiger charge is -2.10. The number of carbonyl (C=O) groups is 1. The van der Waals surface area contributed by atoms with Crippen LogP contribution in [0.25, 0.3) is 0 Å². The minimum Gasteiger partial charge on any atom is -0.384 e. The van der Waals surface area contributed by atoms with Crippen LogP contribution >= 0.6 is 11.6 Å². The number of para-hydroxylation sites is 1. The van der Waals surface area contributed by atoms with Gasteiger partial charge in [-0.2, -0.15) is 0 Å². The van der Waals surface area contributed by atoms with Crippen molar-refractivity contribution in [2.75, 3.05) is 17.2 Å². The van der Waals surface area contributed by atoms with Crippen molar-refractivity contribution in [2.24, 2.45) is 0 Å². The fourth-order valence-electron chi connectivity index (χ4n) is 2.11. The molecular weight excluding hydrogens is 264 g/mol. The quantitative estimate of drug-likeness (QED) is 0.882. The smallest absolute Gasteiger partial charge is 0.234 e. The van der Waals surface area contributed by atoms with Crippen molar-refractivity contribution in [2.45, 2.75) is 5.92 Å². The average Bonchev–Trinajstić information content (AvgIpc) is 2.85. The Morgan fingerprint density at radius 1 is 1.26 bits per heavy atom. The highest BCUT2D eigenvalue weighted by molar-refractivity contribution is 6.29. The second kappa shape index (κ2) is 4.85. The molecule has 2 heterocycles. The maximum atomic E-state index is 12.2. The van der Waals surface area contributed by atoms with Crippen molar-refractivity contribution in [3.05, 3.63) is 47.1 Å². The zero-order valence-electron chi connectivity index (χ0n) is 9.93. The van der Waals surface area contributed by atoms with Crippen LogP contribution in [0.3, 0.4) is 0 Å². The third kappa shape index (κ3) is 2.37. The van der Waals surface area contributed by atoms with Crippen LogP contribution < -0.4 is 10.6 Å². The lowest BCUT2D eigenvalue weighted by molar-refractivity contribution is -0.117. The number of benzene rings is 1. The summed E-state index contributed by atoms with van der Waals surface area (Å²) in [6.07, 6.45) is 0. The first kappa shape index (κ1) is 11.9. The van der Waals surface area contributed by atoms with Crippen molar-refractivity contribution in [1.29, 1.82) is 0 Å². The fourth-order valence-corrected chi connectivity index (χ4v) is 2.21. The van der Waals surface area contributed by atoms with Gasteiger partial charge in [-0.25, -0.2) is 0 Å². The number of anilines is 2. The third-order valence-electron chi connectivity index (χ3n) is 3.03. The summed E-state index contributed by atoms with van der Waals surface area (Å²) in [7, 11) is 0. The number of halogens is 1. The van der Waals surface area contributed by atoms with Crippen LogP contribution in [0.1, 0.15) is 11.5 Å². The zero-order valence-corrected chi connectivity index (χ0v) is 10.7. The first-order valence-electron chi connectivity index (χ1n) is 5.87. The number of nitrogens with zero attached hydrogens (tertiary/aromatic N) is 2. The summed E-state index contributed by atoms with van der Waals surface area (Å²) in [6.45, 7) is 0.589. The van der Waals surface area contributed by atoms with Gasteiger partial charge in [-0.05, 0) is 23.8 Å². The van der Waals surface area contributed by atoms with Gasteiger partial charge in [0.15, 0.2) is 11.0 Å². The van der Waals surface area contributed by atoms with E-state index in [1.54, 1.807) is 12.1 Å². The van der Waals surface area contributed by atoms with Gasteiger partial charge in [0.25, 0.3) is 0 Å². The molecule has 0 saturated carbocycles. The molecule has 0 radical (unpaired) electrons. The maximum absolute atomic E-state index is 12.2. The van der Waals surface area contributed by atoms with E-state index in [0.29, 0.717) is 17.5 Å². The number of fused-ring (bicyclic) bond motifs is 1. The maximum Gasteiger partial charge on any atom is 0.234 e. The summed E-state index contributed by atoms with van der Waals surface area (Å²) in [5, 5.41) is 13.7. The van der Waals surface area contributed by atoms with E-state index >= 15 is 0 Å². The second-order valence-electron chi connectivity index (χ2n) is 4.25. The number of aromatic nitrogens is 2. The molecule has 0 saturated heterocycles. The number of hydrogen-bond donors (Lipinski definition) is 2. The SMILES string of the molecule is O=C(Nc1ccc(Cl)nn1)C1CNc2ccccc21. The van der Waals surface area contributed by atoms with Crippen molar-refractivity contribution >= 4 is 29.0 Å². The number of nitrogens with one attached hydrogen (secondary N) is 2. The van der Waals surface area contributed by atoms with E-state index in [-0.39, 0.29) is 11.8 Å². The molecule has 1 amide bonds. The molecule has 96 valence electrons. The summed E-state index contributed by atoms with van der Waals surface area (Å²) < 4.78 is 0. The fraction of sp³-hybridized carbons (Fsp3) is 0.154. The minimum absolute atomic E-state index is 0.103. The van der Waals surface area contributed by atoms with Crippen LogP contribution in [0.2, 0.25) is 5.15 Å². The Morgan fingerprint density at radius 3 is 2.89 bits per heavy atom. The highest BCUT2D eigenvalue weighted by Gasteiger charge is 2.28. The lowest BCUT2D eigenvalue weighted by Crippen LogP contribution is -2.23. The molecule has 6 heteroatoms. The Bertz CT molecular complexity index is 614. The van der Waals surface area contributed by atoms with Crippen LogP contribution in [0.5, 0.6) is 0 Å². The largest absolute Gasteiger partial charge is 0.384 e. The van der Waals surface area contributed by atoms with Gasteiger partial charge in [0.05, 0.1) is 5.92 Å². The topological polar surface area (TPSA) is 66.9 Å². The van der Waals surface area contributed by atoms with E-state index in [9.17, 15) is 4.79 Å². The molecule has 19 heavy (non-hydrogen) atoms. The number of amides is 1. The monoisotopic (exact) mass is 274 g/mol. The lowest BCUT2D eigenvalue weighted by atomic mass is 10.0. The van der Waals surface area contributed by atoms with Gasteiger partial charge in [-0.3, -0.25) is 4.79 Å². The second-order valence-corrected chi connectivity index (χ2v) is 4.64. The Morgan fingerprint density at radius 2 is 2.11 bits per heavy atom.